The molecule has 21 heavy (non-hydrogen) atoms. The first-order valence-corrected chi connectivity index (χ1v) is 6.49. The maximum absolute atomic E-state index is 13.8. The molecule has 0 aliphatic heterocycles. The van der Waals surface area contributed by atoms with Crippen LogP contribution in [-0.4, -0.2) is 47.0 Å². The number of hydrogen-bond acceptors (Lipinski definition) is 1. The number of rotatable bonds is 7. The quantitative estimate of drug-likeness (QED) is 0.506. The van der Waals surface area contributed by atoms with E-state index in [9.17, 15) is 39.5 Å². The van der Waals surface area contributed by atoms with E-state index in [0.717, 1.165) is 6.92 Å². The lowest BCUT2D eigenvalue weighted by Gasteiger charge is -2.44. The Bertz CT molecular complexity index is 358. The third-order valence-corrected chi connectivity index (χ3v) is 4.27. The zero-order chi connectivity index (χ0) is 17.4. The van der Waals surface area contributed by atoms with E-state index < -0.39 is 41.9 Å². The van der Waals surface area contributed by atoms with Crippen LogP contribution >= 0.6 is 0 Å². The fraction of sp³-hybridized carbons (Fsp3) is 1.00. The standard InChI is InChI=1S/C10H15F9OSi/c1-4(20-21)7(2,3)9(16,17)10(18,19)8(14,15)5(11)6(12)13/h4-6H,1-3,21H3. The Labute approximate surface area is 118 Å². The van der Waals surface area contributed by atoms with Crippen LogP contribution in [0.2, 0.25) is 0 Å². The molecule has 2 atom stereocenters. The molecule has 0 bridgehead atoms. The SMILES string of the molecule is CC(O[SiH3])C(C)(C)C(F)(F)C(F)(F)C(F)(F)C(F)C(F)F. The predicted octanol–water partition coefficient (Wildman–Crippen LogP) is 3.21. The summed E-state index contributed by atoms with van der Waals surface area (Å²) in [4.78, 5) is 0. The molecule has 2 unspecified atom stereocenters. The van der Waals surface area contributed by atoms with Gasteiger partial charge in [-0.3, -0.25) is 0 Å². The average Bonchev–Trinajstić information content (AvgIpc) is 2.35. The highest BCUT2D eigenvalue weighted by atomic mass is 28.2. The van der Waals surface area contributed by atoms with Gasteiger partial charge in [-0.15, -0.1) is 0 Å². The van der Waals surface area contributed by atoms with E-state index in [1.54, 1.807) is 0 Å². The van der Waals surface area contributed by atoms with Crippen LogP contribution in [0.3, 0.4) is 0 Å². The second kappa shape index (κ2) is 5.97. The van der Waals surface area contributed by atoms with E-state index in [1.807, 2.05) is 0 Å². The van der Waals surface area contributed by atoms with Crippen LogP contribution < -0.4 is 0 Å². The molecule has 1 nitrogen and oxygen atoms in total. The molecule has 0 rings (SSSR count). The summed E-state index contributed by atoms with van der Waals surface area (Å²) >= 11 is 0. The molecule has 0 radical (unpaired) electrons. The second-order valence-electron chi connectivity index (χ2n) is 5.11. The lowest BCUT2D eigenvalue weighted by Crippen LogP contribution is -2.66. The normalized spacial score (nSPS) is 18.1. The Morgan fingerprint density at radius 1 is 0.857 bits per heavy atom. The highest BCUT2D eigenvalue weighted by molar-refractivity contribution is 5.98. The highest BCUT2D eigenvalue weighted by Crippen LogP contribution is 2.56. The summed E-state index contributed by atoms with van der Waals surface area (Å²) in [6, 6.07) is 0. The van der Waals surface area contributed by atoms with Gasteiger partial charge in [-0.2, -0.15) is 26.3 Å². The second-order valence-corrected chi connectivity index (χ2v) is 5.58. The Morgan fingerprint density at radius 3 is 1.52 bits per heavy atom. The summed E-state index contributed by atoms with van der Waals surface area (Å²) in [7, 11) is -0.153. The maximum Gasteiger partial charge on any atom is 0.375 e. The van der Waals surface area contributed by atoms with E-state index in [-0.39, 0.29) is 10.5 Å². The first kappa shape index (κ1) is 20.5. The highest BCUT2D eigenvalue weighted by Gasteiger charge is 2.79. The van der Waals surface area contributed by atoms with Gasteiger partial charge in [0.25, 0.3) is 6.43 Å². The summed E-state index contributed by atoms with van der Waals surface area (Å²) in [5, 5.41) is 0. The third kappa shape index (κ3) is 3.03. The molecular formula is C10H15F9OSi. The van der Waals surface area contributed by atoms with Crippen LogP contribution in [-0.2, 0) is 4.43 Å². The molecule has 0 fully saturated rings. The van der Waals surface area contributed by atoms with Crippen LogP contribution in [0.25, 0.3) is 0 Å². The minimum Gasteiger partial charge on any atom is -0.425 e. The molecule has 0 aromatic carbocycles. The van der Waals surface area contributed by atoms with E-state index in [4.69, 9.17) is 0 Å². The predicted molar refractivity (Wildman–Crippen MR) is 60.0 cm³/mol. The minimum atomic E-state index is -6.33. The molecule has 11 heteroatoms. The van der Waals surface area contributed by atoms with Crippen molar-refractivity contribution in [2.45, 2.75) is 57.2 Å². The average molecular weight is 350 g/mol. The number of halogens is 9. The summed E-state index contributed by atoms with van der Waals surface area (Å²) in [6.07, 6.45) is -10.8. The van der Waals surface area contributed by atoms with Crippen LogP contribution in [0.4, 0.5) is 39.5 Å². The van der Waals surface area contributed by atoms with Gasteiger partial charge in [0.1, 0.15) is 10.5 Å². The van der Waals surface area contributed by atoms with Crippen molar-refractivity contribution in [2.75, 3.05) is 0 Å². The topological polar surface area (TPSA) is 9.23 Å². The lowest BCUT2D eigenvalue weighted by molar-refractivity contribution is -0.363. The molecule has 0 saturated carbocycles. The maximum atomic E-state index is 13.8. The fourth-order valence-corrected chi connectivity index (χ4v) is 2.08. The van der Waals surface area contributed by atoms with Gasteiger partial charge in [0.15, 0.2) is 0 Å². The zero-order valence-corrected chi connectivity index (χ0v) is 13.5. The van der Waals surface area contributed by atoms with Crippen molar-refractivity contribution in [2.24, 2.45) is 5.41 Å². The van der Waals surface area contributed by atoms with Crippen LogP contribution in [0.5, 0.6) is 0 Å². The molecule has 0 aromatic heterocycles. The van der Waals surface area contributed by atoms with E-state index in [0.29, 0.717) is 13.8 Å². The number of alkyl halides is 9. The Kier molecular flexibility index (Phi) is 5.85. The van der Waals surface area contributed by atoms with Gasteiger partial charge in [0.05, 0.1) is 11.5 Å². The molecular weight excluding hydrogens is 335 g/mol. The summed E-state index contributed by atoms with van der Waals surface area (Å²) in [5.41, 5.74) is -2.84. The van der Waals surface area contributed by atoms with Crippen molar-refractivity contribution in [1.82, 2.24) is 0 Å². The van der Waals surface area contributed by atoms with Gasteiger partial charge in [-0.05, 0) is 6.92 Å². The van der Waals surface area contributed by atoms with E-state index in [2.05, 4.69) is 4.43 Å². The Morgan fingerprint density at radius 2 is 1.24 bits per heavy atom. The van der Waals surface area contributed by atoms with Crippen LogP contribution in [0, 0.1) is 5.41 Å². The molecule has 0 heterocycles. The van der Waals surface area contributed by atoms with Crippen molar-refractivity contribution in [3.8, 4) is 0 Å². The molecule has 0 aliphatic rings. The van der Waals surface area contributed by atoms with E-state index >= 15 is 0 Å². The van der Waals surface area contributed by atoms with Gasteiger partial charge < -0.3 is 4.43 Å². The Hall–Kier alpha value is -0.453. The van der Waals surface area contributed by atoms with Gasteiger partial charge in [0.2, 0.25) is 6.17 Å². The zero-order valence-electron chi connectivity index (χ0n) is 11.5. The van der Waals surface area contributed by atoms with Crippen molar-refractivity contribution in [3.63, 3.8) is 0 Å². The molecule has 0 saturated heterocycles. The van der Waals surface area contributed by atoms with Gasteiger partial charge in [-0.1, -0.05) is 13.8 Å². The van der Waals surface area contributed by atoms with Crippen molar-refractivity contribution in [3.05, 3.63) is 0 Å². The smallest absolute Gasteiger partial charge is 0.375 e. The van der Waals surface area contributed by atoms with Crippen molar-refractivity contribution in [1.29, 1.82) is 0 Å². The van der Waals surface area contributed by atoms with Gasteiger partial charge in [-0.25, -0.2) is 13.2 Å². The van der Waals surface area contributed by atoms with Gasteiger partial charge in [0, 0.05) is 0 Å². The lowest BCUT2D eigenvalue weighted by atomic mass is 9.75. The third-order valence-electron chi connectivity index (χ3n) is 3.56. The largest absolute Gasteiger partial charge is 0.425 e. The fourth-order valence-electron chi connectivity index (χ4n) is 1.50. The van der Waals surface area contributed by atoms with Crippen LogP contribution in [0.1, 0.15) is 20.8 Å². The molecule has 0 N–H and O–H groups in total. The molecule has 0 spiro atoms. The molecule has 0 aliphatic carbocycles. The first-order valence-electron chi connectivity index (χ1n) is 5.67. The summed E-state index contributed by atoms with van der Waals surface area (Å²) < 4.78 is 122. The monoisotopic (exact) mass is 350 g/mol. The van der Waals surface area contributed by atoms with E-state index in [1.165, 1.54) is 0 Å². The first-order chi connectivity index (χ1) is 9.09. The van der Waals surface area contributed by atoms with Crippen molar-refractivity contribution < 1.29 is 43.9 Å². The minimum absolute atomic E-state index is 0.153. The molecule has 128 valence electrons. The molecule has 0 amide bonds. The van der Waals surface area contributed by atoms with Crippen LogP contribution in [0.15, 0.2) is 0 Å². The summed E-state index contributed by atoms with van der Waals surface area (Å²) in [5.74, 6) is -18.1. The molecule has 0 aromatic rings. The summed E-state index contributed by atoms with van der Waals surface area (Å²) in [6.45, 7) is 1.96. The number of hydrogen-bond donors (Lipinski definition) is 0. The van der Waals surface area contributed by atoms with Crippen molar-refractivity contribution >= 4 is 10.5 Å². The Balaban J connectivity index is 5.87. The van der Waals surface area contributed by atoms with Gasteiger partial charge >= 0.3 is 17.8 Å².